The molecule has 0 aliphatic heterocycles. The molecule has 15 heavy (non-hydrogen) atoms. The van der Waals surface area contributed by atoms with E-state index in [1.165, 1.54) is 14.2 Å². The molecule has 1 saturated carbocycles. The summed E-state index contributed by atoms with van der Waals surface area (Å²) < 4.78 is 24.6. The minimum absolute atomic E-state index is 0.00866. The van der Waals surface area contributed by atoms with Crippen LogP contribution in [0.5, 0.6) is 0 Å². The van der Waals surface area contributed by atoms with Crippen LogP contribution in [-0.4, -0.2) is 26.2 Å². The molecule has 0 bridgehead atoms. The fourth-order valence-corrected chi connectivity index (χ4v) is 1.80. The highest BCUT2D eigenvalue weighted by Crippen LogP contribution is 2.46. The predicted molar refractivity (Wildman–Crippen MR) is 54.0 cm³/mol. The summed E-state index contributed by atoms with van der Waals surface area (Å²) in [4.78, 5) is 23.6. The van der Waals surface area contributed by atoms with Crippen molar-refractivity contribution >= 4 is 11.9 Å². The van der Waals surface area contributed by atoms with E-state index in [1.54, 1.807) is 0 Å². The van der Waals surface area contributed by atoms with Crippen LogP contribution in [0.3, 0.4) is 0 Å². The van der Waals surface area contributed by atoms with Crippen molar-refractivity contribution in [3.63, 3.8) is 0 Å². The third-order valence-electron chi connectivity index (χ3n) is 2.68. The van der Waals surface area contributed by atoms with Gasteiger partial charge in [0.25, 0.3) is 0 Å². The van der Waals surface area contributed by atoms with E-state index in [2.05, 4.69) is 16.1 Å². The van der Waals surface area contributed by atoms with Crippen LogP contribution in [0.2, 0.25) is 0 Å². The third-order valence-corrected chi connectivity index (χ3v) is 2.68. The van der Waals surface area contributed by atoms with Crippen molar-refractivity contribution in [2.45, 2.75) is 19.7 Å². The van der Waals surface area contributed by atoms with Gasteiger partial charge >= 0.3 is 11.9 Å². The van der Waals surface area contributed by atoms with Crippen LogP contribution in [0, 0.1) is 11.3 Å². The van der Waals surface area contributed by atoms with Crippen LogP contribution in [-0.2, 0) is 19.1 Å². The molecule has 0 spiro atoms. The van der Waals surface area contributed by atoms with E-state index in [1.807, 2.05) is 0 Å². The number of carbonyl (C=O) groups excluding carboxylic acids is 2. The second-order valence-electron chi connectivity index (χ2n) is 3.63. The molecule has 0 saturated heterocycles. The van der Waals surface area contributed by atoms with Crippen molar-refractivity contribution < 1.29 is 21.8 Å². The number of esters is 2. The van der Waals surface area contributed by atoms with Crippen LogP contribution in [0.25, 0.3) is 0 Å². The molecule has 1 rings (SSSR count). The normalized spacial score (nSPS) is 30.4. The summed E-state index contributed by atoms with van der Waals surface area (Å²) in [6.07, 6.45) is -0.101. The smallest absolute Gasteiger partial charge is 0.323 e. The van der Waals surface area contributed by atoms with Crippen molar-refractivity contribution in [1.29, 1.82) is 0 Å². The predicted octanol–water partition coefficient (Wildman–Crippen LogP) is 1.30. The lowest BCUT2D eigenvalue weighted by molar-refractivity contribution is -0.168. The van der Waals surface area contributed by atoms with Gasteiger partial charge in [-0.05, 0) is 18.7 Å². The lowest BCUT2D eigenvalue weighted by Gasteiger charge is -2.22. The van der Waals surface area contributed by atoms with Crippen molar-refractivity contribution in [3.05, 3.63) is 12.2 Å². The van der Waals surface area contributed by atoms with Gasteiger partial charge in [0.2, 0.25) is 0 Å². The Morgan fingerprint density at radius 1 is 1.53 bits per heavy atom. The first kappa shape index (κ1) is 8.95. The average molecular weight is 216 g/mol. The Morgan fingerprint density at radius 3 is 2.40 bits per heavy atom. The lowest BCUT2D eigenvalue weighted by Crippen LogP contribution is -2.39. The molecule has 1 atom stereocenters. The number of hydrogen-bond acceptors (Lipinski definition) is 4. The Kier molecular flexibility index (Phi) is 2.41. The zero-order chi connectivity index (χ0) is 13.3. The van der Waals surface area contributed by atoms with Gasteiger partial charge in [-0.15, -0.1) is 0 Å². The maximum atomic E-state index is 11.8. The number of rotatable bonds is 2. The molecule has 0 radical (unpaired) electrons. The molecule has 0 aromatic carbocycles. The SMILES string of the molecule is [2H]CC1([2H])CC(C(=O)OC)(C(=O)OC)[13CH2]C1=[13CH2]. The van der Waals surface area contributed by atoms with Crippen LogP contribution in [0.1, 0.15) is 22.5 Å². The molecule has 4 nitrogen and oxygen atoms in total. The van der Waals surface area contributed by atoms with E-state index in [0.29, 0.717) is 5.57 Å². The van der Waals surface area contributed by atoms with Crippen LogP contribution < -0.4 is 0 Å². The molecule has 0 aromatic rings. The summed E-state index contributed by atoms with van der Waals surface area (Å²) in [5.41, 5.74) is -1.12. The molecule has 0 heterocycles. The monoisotopic (exact) mass is 216 g/mol. The Hall–Kier alpha value is -1.32. The molecule has 4 heteroatoms. The fourth-order valence-electron chi connectivity index (χ4n) is 1.80. The standard InChI is InChI=1S/C11H16O4/c1-7-5-11(6-8(7)2,9(12)14-3)10(13)15-4/h8H,1,5-6H2,2-4H3/i1+1,2D,5+1,8D. The molecule has 1 fully saturated rings. The van der Waals surface area contributed by atoms with Gasteiger partial charge < -0.3 is 9.47 Å². The zero-order valence-electron chi connectivity index (χ0n) is 11.0. The molecule has 1 unspecified atom stereocenters. The van der Waals surface area contributed by atoms with E-state index in [9.17, 15) is 9.59 Å². The second kappa shape index (κ2) is 4.04. The van der Waals surface area contributed by atoms with Gasteiger partial charge in [0.15, 0.2) is 5.41 Å². The summed E-state index contributed by atoms with van der Waals surface area (Å²) >= 11 is 0. The van der Waals surface area contributed by atoms with Gasteiger partial charge in [-0.1, -0.05) is 19.1 Å². The van der Waals surface area contributed by atoms with Gasteiger partial charge in [0, 0.05) is 2.74 Å². The minimum Gasteiger partial charge on any atom is -0.468 e. The van der Waals surface area contributed by atoms with Gasteiger partial charge in [0.1, 0.15) is 0 Å². The molecule has 0 aromatic heterocycles. The van der Waals surface area contributed by atoms with Gasteiger partial charge in [-0.2, -0.15) is 0 Å². The Morgan fingerprint density at radius 2 is 2.07 bits per heavy atom. The molecule has 0 amide bonds. The van der Waals surface area contributed by atoms with Crippen molar-refractivity contribution in [3.8, 4) is 0 Å². The van der Waals surface area contributed by atoms with Crippen molar-refractivity contribution in [1.82, 2.24) is 0 Å². The number of ether oxygens (including phenoxy) is 2. The highest BCUT2D eigenvalue weighted by Gasteiger charge is 2.53. The minimum atomic E-state index is -1.51. The Bertz CT molecular complexity index is 350. The molecule has 84 valence electrons. The van der Waals surface area contributed by atoms with E-state index in [4.69, 9.17) is 2.74 Å². The Labute approximate surface area is 92.1 Å². The average Bonchev–Trinajstić information content (AvgIpc) is 2.61. The van der Waals surface area contributed by atoms with E-state index < -0.39 is 23.2 Å². The van der Waals surface area contributed by atoms with Crippen LogP contribution in [0.4, 0.5) is 0 Å². The highest BCUT2D eigenvalue weighted by atomic mass is 16.5. The van der Waals surface area contributed by atoms with Gasteiger partial charge in [-0.3, -0.25) is 9.59 Å². The molecular weight excluding hydrogens is 198 g/mol. The second-order valence-corrected chi connectivity index (χ2v) is 3.63. The maximum absolute atomic E-state index is 11.8. The van der Waals surface area contributed by atoms with E-state index in [0.717, 1.165) is 0 Å². The van der Waals surface area contributed by atoms with E-state index in [-0.39, 0.29) is 19.7 Å². The summed E-state index contributed by atoms with van der Waals surface area (Å²) in [6.45, 7) is 3.44. The highest BCUT2D eigenvalue weighted by molar-refractivity contribution is 6.01. The first-order chi connectivity index (χ1) is 7.86. The zero-order valence-corrected chi connectivity index (χ0v) is 8.96. The molecule has 0 N–H and O–H groups in total. The van der Waals surface area contributed by atoms with Crippen molar-refractivity contribution in [2.75, 3.05) is 14.2 Å². The molecule has 1 aliphatic carbocycles. The first-order valence-electron chi connectivity index (χ1n) is 5.71. The summed E-state index contributed by atoms with van der Waals surface area (Å²) in [5, 5.41) is 0. The van der Waals surface area contributed by atoms with Crippen LogP contribution in [0.15, 0.2) is 12.2 Å². The summed E-state index contributed by atoms with van der Waals surface area (Å²) in [6, 6.07) is 0. The summed E-state index contributed by atoms with van der Waals surface area (Å²) in [7, 11) is 2.36. The number of carbonyl (C=O) groups is 2. The number of allylic oxidation sites excluding steroid dienone is 1. The Balaban J connectivity index is 3.17. The number of hydrogen-bond donors (Lipinski definition) is 0. The topological polar surface area (TPSA) is 52.6 Å². The quantitative estimate of drug-likeness (QED) is 0.302. The molecule has 1 aliphatic rings. The fraction of sp³-hybridized carbons (Fsp3) is 0.636. The van der Waals surface area contributed by atoms with Gasteiger partial charge in [-0.25, -0.2) is 0 Å². The third kappa shape index (κ3) is 1.76. The van der Waals surface area contributed by atoms with Gasteiger partial charge in [0.05, 0.1) is 14.2 Å². The summed E-state index contributed by atoms with van der Waals surface area (Å²) in [5.74, 6) is -2.75. The van der Waals surface area contributed by atoms with Crippen LogP contribution >= 0.6 is 0 Å². The largest absolute Gasteiger partial charge is 0.468 e. The number of methoxy groups -OCH3 is 2. The lowest BCUT2D eigenvalue weighted by atomic mass is 9.91. The van der Waals surface area contributed by atoms with Crippen molar-refractivity contribution in [2.24, 2.45) is 11.3 Å². The van der Waals surface area contributed by atoms with E-state index >= 15 is 0 Å². The first-order valence-corrected chi connectivity index (χ1v) is 4.50. The maximum Gasteiger partial charge on any atom is 0.323 e. The molecular formula is C11H16O4.